The molecule has 2 saturated carbocycles. The highest BCUT2D eigenvalue weighted by Crippen LogP contribution is 2.53. The maximum Gasteiger partial charge on any atom is 0.333 e. The molecule has 2 aliphatic rings. The Labute approximate surface area is 111 Å². The van der Waals surface area contributed by atoms with Crippen molar-refractivity contribution >= 4 is 5.97 Å². The summed E-state index contributed by atoms with van der Waals surface area (Å²) in [5.41, 5.74) is 0.613. The summed E-state index contributed by atoms with van der Waals surface area (Å²) in [5, 5.41) is 0. The molecule has 1 unspecified atom stereocenters. The number of esters is 1. The lowest BCUT2D eigenvalue weighted by Gasteiger charge is -2.38. The van der Waals surface area contributed by atoms with Crippen LogP contribution in [0.3, 0.4) is 0 Å². The maximum atomic E-state index is 11.9. The van der Waals surface area contributed by atoms with Crippen molar-refractivity contribution in [2.24, 2.45) is 11.3 Å². The van der Waals surface area contributed by atoms with E-state index in [2.05, 4.69) is 20.4 Å². The fourth-order valence-corrected chi connectivity index (χ4v) is 3.41. The SMILES string of the molecule is C=C(C)C(=O)OC1(C2CC2)CCCCC(C)(C)C1. The summed E-state index contributed by atoms with van der Waals surface area (Å²) >= 11 is 0. The quantitative estimate of drug-likeness (QED) is 0.425. The molecule has 18 heavy (non-hydrogen) atoms. The zero-order chi connectivity index (χ0) is 13.4. The molecule has 102 valence electrons. The van der Waals surface area contributed by atoms with E-state index >= 15 is 0 Å². The Hall–Kier alpha value is -0.790. The summed E-state index contributed by atoms with van der Waals surface area (Å²) in [5.74, 6) is 0.401. The van der Waals surface area contributed by atoms with E-state index in [1.54, 1.807) is 6.92 Å². The van der Waals surface area contributed by atoms with Crippen LogP contribution in [0.1, 0.15) is 65.7 Å². The fourth-order valence-electron chi connectivity index (χ4n) is 3.41. The lowest BCUT2D eigenvalue weighted by atomic mass is 9.76. The van der Waals surface area contributed by atoms with E-state index in [1.807, 2.05) is 0 Å². The Morgan fingerprint density at radius 1 is 1.22 bits per heavy atom. The Morgan fingerprint density at radius 3 is 2.39 bits per heavy atom. The third-order valence-corrected chi connectivity index (χ3v) is 4.45. The Morgan fingerprint density at radius 2 is 1.83 bits per heavy atom. The van der Waals surface area contributed by atoms with Crippen molar-refractivity contribution in [3.05, 3.63) is 12.2 Å². The summed E-state index contributed by atoms with van der Waals surface area (Å²) in [6, 6.07) is 0. The monoisotopic (exact) mass is 250 g/mol. The van der Waals surface area contributed by atoms with Crippen molar-refractivity contribution in [1.82, 2.24) is 0 Å². The lowest BCUT2D eigenvalue weighted by molar-refractivity contribution is -0.161. The molecule has 0 saturated heterocycles. The van der Waals surface area contributed by atoms with Crippen LogP contribution in [0.25, 0.3) is 0 Å². The molecule has 0 amide bonds. The summed E-state index contributed by atoms with van der Waals surface area (Å²) in [6.45, 7) is 10.1. The van der Waals surface area contributed by atoms with Gasteiger partial charge in [-0.1, -0.05) is 26.8 Å². The van der Waals surface area contributed by atoms with Gasteiger partial charge in [-0.3, -0.25) is 0 Å². The van der Waals surface area contributed by atoms with Gasteiger partial charge < -0.3 is 4.74 Å². The van der Waals surface area contributed by atoms with Crippen molar-refractivity contribution in [1.29, 1.82) is 0 Å². The Balaban J connectivity index is 2.19. The third-order valence-electron chi connectivity index (χ3n) is 4.45. The van der Waals surface area contributed by atoms with Gasteiger partial charge in [-0.05, 0) is 56.8 Å². The largest absolute Gasteiger partial charge is 0.455 e. The van der Waals surface area contributed by atoms with Crippen LogP contribution in [-0.2, 0) is 9.53 Å². The van der Waals surface area contributed by atoms with E-state index < -0.39 is 0 Å². The van der Waals surface area contributed by atoms with Crippen molar-refractivity contribution in [2.45, 2.75) is 71.3 Å². The molecule has 0 radical (unpaired) electrons. The van der Waals surface area contributed by atoms with Gasteiger partial charge in [0.15, 0.2) is 0 Å². The van der Waals surface area contributed by atoms with Gasteiger partial charge in [0.25, 0.3) is 0 Å². The molecule has 0 spiro atoms. The second-order valence-corrected chi connectivity index (χ2v) is 7.06. The first kappa shape index (κ1) is 13.6. The van der Waals surface area contributed by atoms with Gasteiger partial charge in [0, 0.05) is 5.57 Å². The van der Waals surface area contributed by atoms with E-state index in [0.29, 0.717) is 11.5 Å². The summed E-state index contributed by atoms with van der Waals surface area (Å²) < 4.78 is 5.94. The normalized spacial score (nSPS) is 31.5. The minimum absolute atomic E-state index is 0.195. The van der Waals surface area contributed by atoms with Gasteiger partial charge in [-0.25, -0.2) is 4.79 Å². The number of hydrogen-bond donors (Lipinski definition) is 0. The average molecular weight is 250 g/mol. The number of carbonyl (C=O) groups is 1. The minimum atomic E-state index is -0.198. The van der Waals surface area contributed by atoms with Gasteiger partial charge in [0.1, 0.15) is 5.60 Å². The molecule has 0 bridgehead atoms. The van der Waals surface area contributed by atoms with Gasteiger partial charge in [-0.2, -0.15) is 0 Å². The van der Waals surface area contributed by atoms with Crippen LogP contribution < -0.4 is 0 Å². The van der Waals surface area contributed by atoms with Crippen molar-refractivity contribution in [2.75, 3.05) is 0 Å². The van der Waals surface area contributed by atoms with E-state index in [0.717, 1.165) is 12.8 Å². The zero-order valence-corrected chi connectivity index (χ0v) is 12.1. The molecule has 2 aliphatic carbocycles. The number of hydrogen-bond acceptors (Lipinski definition) is 2. The molecule has 0 heterocycles. The smallest absolute Gasteiger partial charge is 0.333 e. The van der Waals surface area contributed by atoms with Crippen LogP contribution in [0, 0.1) is 11.3 Å². The first-order chi connectivity index (χ1) is 8.35. The van der Waals surface area contributed by atoms with Crippen molar-refractivity contribution < 1.29 is 9.53 Å². The molecule has 2 fully saturated rings. The van der Waals surface area contributed by atoms with Crippen molar-refractivity contribution in [3.63, 3.8) is 0 Å². The van der Waals surface area contributed by atoms with Crippen LogP contribution in [0.5, 0.6) is 0 Å². The molecule has 0 aliphatic heterocycles. The van der Waals surface area contributed by atoms with Crippen LogP contribution in [0.2, 0.25) is 0 Å². The first-order valence-corrected chi connectivity index (χ1v) is 7.24. The molecular formula is C16H26O2. The lowest BCUT2D eigenvalue weighted by Crippen LogP contribution is -2.40. The van der Waals surface area contributed by atoms with Gasteiger partial charge in [0.05, 0.1) is 0 Å². The predicted octanol–water partition coefficient (Wildman–Crippen LogP) is 4.24. The molecule has 0 aromatic carbocycles. The van der Waals surface area contributed by atoms with E-state index in [-0.39, 0.29) is 17.0 Å². The highest BCUT2D eigenvalue weighted by Gasteiger charge is 2.51. The number of rotatable bonds is 3. The average Bonchev–Trinajstić information content (AvgIpc) is 3.05. The van der Waals surface area contributed by atoms with Crippen LogP contribution >= 0.6 is 0 Å². The summed E-state index contributed by atoms with van der Waals surface area (Å²) in [4.78, 5) is 11.9. The van der Waals surface area contributed by atoms with Crippen molar-refractivity contribution in [3.8, 4) is 0 Å². The molecular weight excluding hydrogens is 224 g/mol. The third kappa shape index (κ3) is 2.96. The van der Waals surface area contributed by atoms with Crippen LogP contribution in [0.4, 0.5) is 0 Å². The summed E-state index contributed by atoms with van der Waals surface area (Å²) in [7, 11) is 0. The second kappa shape index (κ2) is 4.71. The molecule has 0 aromatic heterocycles. The zero-order valence-electron chi connectivity index (χ0n) is 12.1. The molecule has 1 atom stereocenters. The van der Waals surface area contributed by atoms with Crippen LogP contribution in [0.15, 0.2) is 12.2 Å². The Bertz CT molecular complexity index is 352. The van der Waals surface area contributed by atoms with E-state index in [9.17, 15) is 4.79 Å². The first-order valence-electron chi connectivity index (χ1n) is 7.24. The van der Waals surface area contributed by atoms with Gasteiger partial charge in [0.2, 0.25) is 0 Å². The Kier molecular flexibility index (Phi) is 3.57. The fraction of sp³-hybridized carbons (Fsp3) is 0.812. The number of ether oxygens (including phenoxy) is 1. The molecule has 0 N–H and O–H groups in total. The van der Waals surface area contributed by atoms with Gasteiger partial charge in [-0.15, -0.1) is 0 Å². The van der Waals surface area contributed by atoms with Crippen LogP contribution in [-0.4, -0.2) is 11.6 Å². The second-order valence-electron chi connectivity index (χ2n) is 7.06. The molecule has 0 aromatic rings. The highest BCUT2D eigenvalue weighted by atomic mass is 16.6. The summed E-state index contributed by atoms with van der Waals surface area (Å²) in [6.07, 6.45) is 8.19. The molecule has 2 nitrogen and oxygen atoms in total. The van der Waals surface area contributed by atoms with E-state index in [1.165, 1.54) is 32.1 Å². The molecule has 2 rings (SSSR count). The highest BCUT2D eigenvalue weighted by molar-refractivity contribution is 5.87. The molecule has 2 heteroatoms. The standard InChI is InChI=1S/C16H26O2/c1-12(2)14(17)18-16(13-7-8-13)10-6-5-9-15(3,4)11-16/h13H,1,5-11H2,2-4H3. The predicted molar refractivity (Wildman–Crippen MR) is 73.2 cm³/mol. The van der Waals surface area contributed by atoms with E-state index in [4.69, 9.17) is 4.74 Å². The van der Waals surface area contributed by atoms with Gasteiger partial charge >= 0.3 is 5.97 Å². The minimum Gasteiger partial charge on any atom is -0.455 e. The maximum absolute atomic E-state index is 11.9. The number of carbonyl (C=O) groups excluding carboxylic acids is 1. The topological polar surface area (TPSA) is 26.3 Å².